The van der Waals surface area contributed by atoms with Crippen LogP contribution in [0.4, 0.5) is 0 Å². The van der Waals surface area contributed by atoms with Crippen LogP contribution in [0.3, 0.4) is 0 Å². The third-order valence-corrected chi connectivity index (χ3v) is 6.04. The Labute approximate surface area is 117 Å². The van der Waals surface area contributed by atoms with Gasteiger partial charge in [-0.15, -0.1) is 0 Å². The number of aromatic nitrogens is 1. The van der Waals surface area contributed by atoms with Crippen molar-refractivity contribution in [2.24, 2.45) is 7.05 Å². The van der Waals surface area contributed by atoms with E-state index in [1.54, 1.807) is 5.19 Å². The molecule has 0 saturated carbocycles. The van der Waals surface area contributed by atoms with Gasteiger partial charge in [0.25, 0.3) is 0 Å². The van der Waals surface area contributed by atoms with Gasteiger partial charge in [-0.05, 0) is 18.6 Å². The van der Waals surface area contributed by atoms with Gasteiger partial charge in [-0.25, -0.2) is 0 Å². The van der Waals surface area contributed by atoms with E-state index < -0.39 is 8.07 Å². The summed E-state index contributed by atoms with van der Waals surface area (Å²) in [7, 11) is 0.914. The van der Waals surface area contributed by atoms with E-state index in [1.807, 2.05) is 0 Å². The molecule has 0 amide bonds. The Morgan fingerprint density at radius 3 is 2.11 bits per heavy atom. The molecule has 0 aliphatic carbocycles. The zero-order valence-corrected chi connectivity index (χ0v) is 13.9. The van der Waals surface area contributed by atoms with Crippen molar-refractivity contribution in [2.75, 3.05) is 0 Å². The summed E-state index contributed by atoms with van der Waals surface area (Å²) in [4.78, 5) is 0. The van der Waals surface area contributed by atoms with Crippen LogP contribution in [-0.4, -0.2) is 8.07 Å². The van der Waals surface area contributed by atoms with Crippen LogP contribution in [0.15, 0.2) is 36.4 Å². The Kier molecular flexibility index (Phi) is 3.63. The van der Waals surface area contributed by atoms with Gasteiger partial charge in [-0.3, -0.25) is 0 Å². The third kappa shape index (κ3) is 2.64. The predicted octanol–water partition coefficient (Wildman–Crippen LogP) is 3.34. The van der Waals surface area contributed by atoms with Crippen LogP contribution >= 0.6 is 0 Å². The minimum Gasteiger partial charge on any atom is -0.199 e. The molecule has 0 fully saturated rings. The van der Waals surface area contributed by atoms with Crippen molar-refractivity contribution in [3.05, 3.63) is 47.7 Å². The molecular weight excluding hydrogens is 246 g/mol. The average Bonchev–Trinajstić information content (AvgIpc) is 2.32. The molecule has 1 heterocycles. The fourth-order valence-corrected chi connectivity index (χ4v) is 4.52. The Morgan fingerprint density at radius 2 is 1.53 bits per heavy atom. The molecule has 2 rings (SSSR count). The highest BCUT2D eigenvalue weighted by molar-refractivity contribution is 6.88. The van der Waals surface area contributed by atoms with E-state index in [9.17, 15) is 0 Å². The standard InChI is InChI=1S/C17H24NSi/c1-13-9-7-8-10-15(13)16-11-12-17(19(4,5)6)14(2)18(16)3/h7-12H,1-6H3/q+1. The number of pyridine rings is 1. The Hall–Kier alpha value is -1.41. The first-order valence-electron chi connectivity index (χ1n) is 6.88. The van der Waals surface area contributed by atoms with Crippen molar-refractivity contribution in [3.8, 4) is 11.3 Å². The van der Waals surface area contributed by atoms with Gasteiger partial charge in [0.1, 0.15) is 7.05 Å². The number of hydrogen-bond donors (Lipinski definition) is 0. The van der Waals surface area contributed by atoms with E-state index in [2.05, 4.69) is 81.5 Å². The second-order valence-electron chi connectivity index (χ2n) is 6.34. The molecule has 2 aromatic rings. The van der Waals surface area contributed by atoms with Gasteiger partial charge in [-0.1, -0.05) is 43.9 Å². The van der Waals surface area contributed by atoms with Gasteiger partial charge < -0.3 is 0 Å². The van der Waals surface area contributed by atoms with Gasteiger partial charge >= 0.3 is 0 Å². The minimum atomic E-state index is -1.27. The summed E-state index contributed by atoms with van der Waals surface area (Å²) in [5.74, 6) is 0. The molecule has 0 atom stereocenters. The summed E-state index contributed by atoms with van der Waals surface area (Å²) in [5.41, 5.74) is 5.37. The molecule has 1 aromatic heterocycles. The highest BCUT2D eigenvalue weighted by atomic mass is 28.3. The van der Waals surface area contributed by atoms with E-state index in [-0.39, 0.29) is 0 Å². The Morgan fingerprint density at radius 1 is 0.895 bits per heavy atom. The third-order valence-electron chi connectivity index (χ3n) is 3.89. The summed E-state index contributed by atoms with van der Waals surface area (Å²) in [6.07, 6.45) is 0. The number of nitrogens with zero attached hydrogens (tertiary/aromatic N) is 1. The number of benzene rings is 1. The average molecular weight is 270 g/mol. The molecule has 0 saturated heterocycles. The van der Waals surface area contributed by atoms with Crippen LogP contribution in [0.5, 0.6) is 0 Å². The SMILES string of the molecule is Cc1ccccc1-c1ccc([Si](C)(C)C)c(C)[n+]1C. The molecule has 0 bridgehead atoms. The van der Waals surface area contributed by atoms with Gasteiger partial charge in [0.2, 0.25) is 5.69 Å². The summed E-state index contributed by atoms with van der Waals surface area (Å²) in [6.45, 7) is 11.6. The van der Waals surface area contributed by atoms with E-state index in [1.165, 1.54) is 22.5 Å². The van der Waals surface area contributed by atoms with E-state index in [0.717, 1.165) is 0 Å². The van der Waals surface area contributed by atoms with Gasteiger partial charge in [0, 0.05) is 23.7 Å². The summed E-state index contributed by atoms with van der Waals surface area (Å²) in [6, 6.07) is 13.2. The molecule has 0 aliphatic heterocycles. The highest BCUT2D eigenvalue weighted by Crippen LogP contribution is 2.20. The van der Waals surface area contributed by atoms with Crippen LogP contribution < -0.4 is 9.75 Å². The maximum atomic E-state index is 2.41. The van der Waals surface area contributed by atoms with Gasteiger partial charge in [0.15, 0.2) is 5.69 Å². The van der Waals surface area contributed by atoms with Crippen LogP contribution in [0.1, 0.15) is 11.3 Å². The lowest BCUT2D eigenvalue weighted by Gasteiger charge is -2.18. The fourth-order valence-electron chi connectivity index (χ4n) is 2.68. The van der Waals surface area contributed by atoms with Crippen molar-refractivity contribution < 1.29 is 4.57 Å². The summed E-state index contributed by atoms with van der Waals surface area (Å²) in [5, 5.41) is 1.55. The van der Waals surface area contributed by atoms with Gasteiger partial charge in [0.05, 0.1) is 8.07 Å². The zero-order valence-electron chi connectivity index (χ0n) is 12.9. The van der Waals surface area contributed by atoms with Crippen LogP contribution in [0.25, 0.3) is 11.3 Å². The van der Waals surface area contributed by atoms with Crippen molar-refractivity contribution in [3.63, 3.8) is 0 Å². The monoisotopic (exact) mass is 270 g/mol. The highest BCUT2D eigenvalue weighted by Gasteiger charge is 2.25. The van der Waals surface area contributed by atoms with Crippen LogP contribution in [-0.2, 0) is 7.05 Å². The van der Waals surface area contributed by atoms with E-state index >= 15 is 0 Å². The second-order valence-corrected chi connectivity index (χ2v) is 11.4. The summed E-state index contributed by atoms with van der Waals surface area (Å²) < 4.78 is 2.34. The molecule has 0 N–H and O–H groups in total. The predicted molar refractivity (Wildman–Crippen MR) is 85.5 cm³/mol. The van der Waals surface area contributed by atoms with Crippen molar-refractivity contribution in [1.82, 2.24) is 0 Å². The zero-order chi connectivity index (χ0) is 14.2. The van der Waals surface area contributed by atoms with Crippen LogP contribution in [0.2, 0.25) is 19.6 Å². The van der Waals surface area contributed by atoms with Gasteiger partial charge in [-0.2, -0.15) is 4.57 Å². The molecule has 1 nitrogen and oxygen atoms in total. The van der Waals surface area contributed by atoms with Crippen molar-refractivity contribution >= 4 is 13.3 Å². The second kappa shape index (κ2) is 4.93. The number of rotatable bonds is 2. The lowest BCUT2D eigenvalue weighted by atomic mass is 10.0. The maximum Gasteiger partial charge on any atom is 0.212 e. The van der Waals surface area contributed by atoms with Crippen LogP contribution in [0, 0.1) is 13.8 Å². The van der Waals surface area contributed by atoms with E-state index in [4.69, 9.17) is 0 Å². The molecule has 0 aliphatic rings. The first-order chi connectivity index (χ1) is 8.82. The molecule has 0 radical (unpaired) electrons. The molecule has 1 aromatic carbocycles. The minimum absolute atomic E-state index is 1.27. The first kappa shape index (κ1) is 14.0. The summed E-state index contributed by atoms with van der Waals surface area (Å²) >= 11 is 0. The van der Waals surface area contributed by atoms with Crippen molar-refractivity contribution in [1.29, 1.82) is 0 Å². The first-order valence-corrected chi connectivity index (χ1v) is 10.4. The molecule has 0 unspecified atom stereocenters. The van der Waals surface area contributed by atoms with Crippen molar-refractivity contribution in [2.45, 2.75) is 33.5 Å². The topological polar surface area (TPSA) is 3.88 Å². The number of hydrogen-bond acceptors (Lipinski definition) is 0. The number of aryl methyl sites for hydroxylation is 1. The quantitative estimate of drug-likeness (QED) is 0.582. The Bertz CT molecular complexity index is 609. The molecular formula is C17H24NSi+. The smallest absolute Gasteiger partial charge is 0.199 e. The maximum absolute atomic E-state index is 2.41. The van der Waals surface area contributed by atoms with E-state index in [0.29, 0.717) is 0 Å². The normalized spacial score (nSPS) is 11.7. The lowest BCUT2D eigenvalue weighted by molar-refractivity contribution is -0.665. The molecule has 19 heavy (non-hydrogen) atoms. The molecule has 0 spiro atoms. The molecule has 100 valence electrons. The lowest BCUT2D eigenvalue weighted by Crippen LogP contribution is -2.49. The molecule has 2 heteroatoms. The fraction of sp³-hybridized carbons (Fsp3) is 0.353. The largest absolute Gasteiger partial charge is 0.212 e. The Balaban J connectivity index is 2.64.